The molecule has 1 aromatic rings. The van der Waals surface area contributed by atoms with Gasteiger partial charge in [-0.1, -0.05) is 15.9 Å². The average Bonchev–Trinajstić information content (AvgIpc) is 2.03. The maximum absolute atomic E-state index is 5.38. The van der Waals surface area contributed by atoms with Crippen molar-refractivity contribution in [2.45, 2.75) is 6.92 Å². The van der Waals surface area contributed by atoms with Crippen molar-refractivity contribution in [3.63, 3.8) is 0 Å². The SMILES string of the molecule is Cc1ncccc1OCCBr. The normalized spacial score (nSPS) is 9.64. The molecule has 3 heteroatoms. The zero-order valence-electron chi connectivity index (χ0n) is 6.38. The minimum atomic E-state index is 0.687. The highest BCUT2D eigenvalue weighted by Gasteiger charge is 1.96. The maximum atomic E-state index is 5.38. The Morgan fingerprint density at radius 2 is 2.45 bits per heavy atom. The van der Waals surface area contributed by atoms with Crippen molar-refractivity contribution in [3.8, 4) is 5.75 Å². The predicted molar refractivity (Wildman–Crippen MR) is 48.3 cm³/mol. The van der Waals surface area contributed by atoms with E-state index in [2.05, 4.69) is 20.9 Å². The summed E-state index contributed by atoms with van der Waals surface area (Å²) in [4.78, 5) is 4.09. The first-order valence-corrected chi connectivity index (χ1v) is 4.57. The van der Waals surface area contributed by atoms with E-state index in [-0.39, 0.29) is 0 Å². The Morgan fingerprint density at radius 1 is 1.64 bits per heavy atom. The zero-order chi connectivity index (χ0) is 8.10. The number of ether oxygens (including phenoxy) is 1. The molecule has 11 heavy (non-hydrogen) atoms. The number of nitrogens with zero attached hydrogens (tertiary/aromatic N) is 1. The molecule has 0 N–H and O–H groups in total. The molecule has 1 aromatic heterocycles. The molecule has 0 aliphatic rings. The predicted octanol–water partition coefficient (Wildman–Crippen LogP) is 2.16. The Labute approximate surface area is 74.7 Å². The number of halogens is 1. The molecule has 0 aliphatic carbocycles. The van der Waals surface area contributed by atoms with Crippen molar-refractivity contribution >= 4 is 15.9 Å². The lowest BCUT2D eigenvalue weighted by Crippen LogP contribution is -1.99. The van der Waals surface area contributed by atoms with Gasteiger partial charge in [0.15, 0.2) is 0 Å². The van der Waals surface area contributed by atoms with Crippen molar-refractivity contribution in [3.05, 3.63) is 24.0 Å². The first-order valence-electron chi connectivity index (χ1n) is 3.45. The third-order valence-electron chi connectivity index (χ3n) is 1.29. The van der Waals surface area contributed by atoms with Crippen LogP contribution >= 0.6 is 15.9 Å². The van der Waals surface area contributed by atoms with Crippen LogP contribution in [0.5, 0.6) is 5.75 Å². The highest BCUT2D eigenvalue weighted by atomic mass is 79.9. The highest BCUT2D eigenvalue weighted by molar-refractivity contribution is 9.09. The fourth-order valence-electron chi connectivity index (χ4n) is 0.771. The third-order valence-corrected chi connectivity index (χ3v) is 1.62. The molecule has 0 spiro atoms. The average molecular weight is 216 g/mol. The van der Waals surface area contributed by atoms with Crippen LogP contribution < -0.4 is 4.74 Å². The second-order valence-corrected chi connectivity index (χ2v) is 2.92. The molecule has 0 radical (unpaired) electrons. The smallest absolute Gasteiger partial charge is 0.140 e. The summed E-state index contributed by atoms with van der Waals surface area (Å²) in [6.45, 7) is 2.62. The lowest BCUT2D eigenvalue weighted by molar-refractivity contribution is 0.341. The van der Waals surface area contributed by atoms with Crippen LogP contribution in [0.2, 0.25) is 0 Å². The second kappa shape index (κ2) is 4.34. The van der Waals surface area contributed by atoms with E-state index in [0.29, 0.717) is 6.61 Å². The molecule has 0 unspecified atom stereocenters. The van der Waals surface area contributed by atoms with Crippen LogP contribution in [0.1, 0.15) is 5.69 Å². The minimum absolute atomic E-state index is 0.687. The summed E-state index contributed by atoms with van der Waals surface area (Å²) in [5, 5.41) is 0.849. The monoisotopic (exact) mass is 215 g/mol. The molecule has 0 amide bonds. The molecular weight excluding hydrogens is 206 g/mol. The Kier molecular flexibility index (Phi) is 3.36. The summed E-state index contributed by atoms with van der Waals surface area (Å²) in [5.41, 5.74) is 0.938. The van der Waals surface area contributed by atoms with Gasteiger partial charge >= 0.3 is 0 Å². The molecule has 0 saturated heterocycles. The first kappa shape index (κ1) is 8.53. The highest BCUT2D eigenvalue weighted by Crippen LogP contribution is 2.12. The summed E-state index contributed by atoms with van der Waals surface area (Å²) < 4.78 is 5.38. The van der Waals surface area contributed by atoms with Gasteiger partial charge in [0.25, 0.3) is 0 Å². The fraction of sp³-hybridized carbons (Fsp3) is 0.375. The number of hydrogen-bond acceptors (Lipinski definition) is 2. The van der Waals surface area contributed by atoms with E-state index in [1.807, 2.05) is 19.1 Å². The van der Waals surface area contributed by atoms with Gasteiger partial charge in [-0.25, -0.2) is 0 Å². The number of pyridine rings is 1. The van der Waals surface area contributed by atoms with Gasteiger partial charge in [-0.2, -0.15) is 0 Å². The quantitative estimate of drug-likeness (QED) is 0.722. The van der Waals surface area contributed by atoms with Gasteiger partial charge in [-0.3, -0.25) is 4.98 Å². The number of alkyl halides is 1. The van der Waals surface area contributed by atoms with E-state index in [4.69, 9.17) is 4.74 Å². The molecule has 0 saturated carbocycles. The molecule has 0 atom stereocenters. The van der Waals surface area contributed by atoms with E-state index >= 15 is 0 Å². The van der Waals surface area contributed by atoms with Crippen LogP contribution in [0.3, 0.4) is 0 Å². The van der Waals surface area contributed by atoms with Gasteiger partial charge in [0.1, 0.15) is 5.75 Å². The zero-order valence-corrected chi connectivity index (χ0v) is 7.97. The van der Waals surface area contributed by atoms with E-state index in [9.17, 15) is 0 Å². The van der Waals surface area contributed by atoms with Gasteiger partial charge in [0.05, 0.1) is 12.3 Å². The summed E-state index contributed by atoms with van der Waals surface area (Å²) in [6, 6.07) is 3.79. The van der Waals surface area contributed by atoms with Crippen LogP contribution in [0.4, 0.5) is 0 Å². The van der Waals surface area contributed by atoms with Gasteiger partial charge in [0, 0.05) is 11.5 Å². The van der Waals surface area contributed by atoms with Gasteiger partial charge in [-0.15, -0.1) is 0 Å². The second-order valence-electron chi connectivity index (χ2n) is 2.12. The molecule has 0 bridgehead atoms. The fourth-order valence-corrected chi connectivity index (χ4v) is 0.932. The Balaban J connectivity index is 2.62. The number of aromatic nitrogens is 1. The van der Waals surface area contributed by atoms with E-state index < -0.39 is 0 Å². The Morgan fingerprint density at radius 3 is 3.09 bits per heavy atom. The lowest BCUT2D eigenvalue weighted by Gasteiger charge is -2.04. The van der Waals surface area contributed by atoms with Crippen LogP contribution in [0.25, 0.3) is 0 Å². The molecule has 1 rings (SSSR count). The van der Waals surface area contributed by atoms with Gasteiger partial charge in [-0.05, 0) is 19.1 Å². The van der Waals surface area contributed by atoms with E-state index in [1.165, 1.54) is 0 Å². The lowest BCUT2D eigenvalue weighted by atomic mass is 10.3. The van der Waals surface area contributed by atoms with Gasteiger partial charge < -0.3 is 4.74 Å². The molecule has 0 fully saturated rings. The number of rotatable bonds is 3. The summed E-state index contributed by atoms with van der Waals surface area (Å²) in [5.74, 6) is 0.868. The van der Waals surface area contributed by atoms with Gasteiger partial charge in [0.2, 0.25) is 0 Å². The maximum Gasteiger partial charge on any atom is 0.140 e. The van der Waals surface area contributed by atoms with Crippen LogP contribution in [-0.2, 0) is 0 Å². The molecule has 0 aliphatic heterocycles. The summed E-state index contributed by atoms with van der Waals surface area (Å²) in [6.07, 6.45) is 1.76. The molecule has 0 aromatic carbocycles. The number of aryl methyl sites for hydroxylation is 1. The Bertz CT molecular complexity index is 227. The molecular formula is C8H10BrNO. The summed E-state index contributed by atoms with van der Waals surface area (Å²) >= 11 is 3.29. The standard InChI is InChI=1S/C8H10BrNO/c1-7-8(11-6-4-9)3-2-5-10-7/h2-3,5H,4,6H2,1H3. The molecule has 2 nitrogen and oxygen atoms in total. The van der Waals surface area contributed by atoms with Crippen LogP contribution in [0.15, 0.2) is 18.3 Å². The largest absolute Gasteiger partial charge is 0.491 e. The minimum Gasteiger partial charge on any atom is -0.491 e. The summed E-state index contributed by atoms with van der Waals surface area (Å²) in [7, 11) is 0. The van der Waals surface area contributed by atoms with Crippen molar-refractivity contribution in [2.24, 2.45) is 0 Å². The van der Waals surface area contributed by atoms with Crippen molar-refractivity contribution in [1.29, 1.82) is 0 Å². The third kappa shape index (κ3) is 2.50. The van der Waals surface area contributed by atoms with E-state index in [0.717, 1.165) is 16.8 Å². The van der Waals surface area contributed by atoms with E-state index in [1.54, 1.807) is 6.20 Å². The molecule has 1 heterocycles. The first-order chi connectivity index (χ1) is 5.34. The van der Waals surface area contributed by atoms with Crippen LogP contribution in [-0.4, -0.2) is 16.9 Å². The van der Waals surface area contributed by atoms with Crippen molar-refractivity contribution in [1.82, 2.24) is 4.98 Å². The Hall–Kier alpha value is -0.570. The van der Waals surface area contributed by atoms with Crippen LogP contribution in [0, 0.1) is 6.92 Å². The topological polar surface area (TPSA) is 22.1 Å². The number of hydrogen-bond donors (Lipinski definition) is 0. The van der Waals surface area contributed by atoms with Crippen molar-refractivity contribution in [2.75, 3.05) is 11.9 Å². The molecule has 60 valence electrons. The van der Waals surface area contributed by atoms with Crippen molar-refractivity contribution < 1.29 is 4.74 Å².